The number of nitrogens with zero attached hydrogens (tertiary/aromatic N) is 3. The van der Waals surface area contributed by atoms with Gasteiger partial charge in [0.05, 0.1) is 17.3 Å². The predicted molar refractivity (Wildman–Crippen MR) is 127 cm³/mol. The molecule has 1 saturated carbocycles. The monoisotopic (exact) mass is 476 g/mol. The quantitative estimate of drug-likeness (QED) is 0.358. The highest BCUT2D eigenvalue weighted by atomic mass is 19.1. The van der Waals surface area contributed by atoms with E-state index in [1.807, 2.05) is 0 Å². The molecule has 35 heavy (non-hydrogen) atoms. The zero-order valence-electron chi connectivity index (χ0n) is 18.7. The Hall–Kier alpha value is -4.14. The molecule has 9 heteroatoms. The minimum atomic E-state index is -1.06. The number of carboxylic acids is 1. The number of carboxylic acid groups (broad SMARTS) is 1. The Morgan fingerprint density at radius 1 is 1.11 bits per heavy atom. The molecule has 0 amide bonds. The summed E-state index contributed by atoms with van der Waals surface area (Å²) < 4.78 is 35.1. The van der Waals surface area contributed by atoms with Gasteiger partial charge in [-0.1, -0.05) is 6.07 Å². The van der Waals surface area contributed by atoms with E-state index in [1.165, 1.54) is 24.7 Å². The number of hydrogen-bond acceptors (Lipinski definition) is 6. The normalized spacial score (nSPS) is 13.4. The van der Waals surface area contributed by atoms with Gasteiger partial charge in [0.1, 0.15) is 35.1 Å². The second-order valence-corrected chi connectivity index (χ2v) is 8.37. The molecule has 0 atom stereocenters. The molecule has 0 unspecified atom stereocenters. The van der Waals surface area contributed by atoms with Gasteiger partial charge < -0.3 is 15.2 Å². The highest BCUT2D eigenvalue weighted by Crippen LogP contribution is 2.32. The van der Waals surface area contributed by atoms with Crippen LogP contribution in [-0.2, 0) is 6.42 Å². The van der Waals surface area contributed by atoms with Gasteiger partial charge in [0, 0.05) is 41.4 Å². The van der Waals surface area contributed by atoms with Crippen LogP contribution < -0.4 is 10.1 Å². The number of rotatable bonds is 8. The van der Waals surface area contributed by atoms with Gasteiger partial charge in [0.15, 0.2) is 0 Å². The number of anilines is 1. The zero-order valence-corrected chi connectivity index (χ0v) is 18.7. The van der Waals surface area contributed by atoms with Crippen LogP contribution in [0.4, 0.5) is 14.6 Å². The fraction of sp³-hybridized carbons (Fsp3) is 0.231. The van der Waals surface area contributed by atoms with Crippen LogP contribution in [-0.4, -0.2) is 38.7 Å². The fourth-order valence-electron chi connectivity index (χ4n) is 3.97. The number of carbonyl (C=O) groups is 1. The van der Waals surface area contributed by atoms with E-state index in [0.717, 1.165) is 19.3 Å². The molecule has 0 spiro atoms. The topological polar surface area (TPSA) is 97.2 Å². The molecule has 2 aromatic carbocycles. The Kier molecular flexibility index (Phi) is 6.22. The zero-order chi connectivity index (χ0) is 24.4. The summed E-state index contributed by atoms with van der Waals surface area (Å²) in [6, 6.07) is 10.9. The molecule has 2 aromatic heterocycles. The standard InChI is InChI=1S/C26H22F2N4O3/c27-20-12-22-18(5-2-9-29-22)25(28)17(20)8-10-30-24-13-21(31-14-32-24)15-6-7-19(26(33)34)23(11-15)35-16-3-1-4-16/h2,5-7,9,11-14,16H,1,3-4,8,10H2,(H,33,34)(H,30,31,32). The fourth-order valence-corrected chi connectivity index (χ4v) is 3.97. The minimum absolute atomic E-state index is 0.0191. The summed E-state index contributed by atoms with van der Waals surface area (Å²) in [6.07, 6.45) is 5.87. The number of aromatic carboxylic acids is 1. The Balaban J connectivity index is 1.32. The second kappa shape index (κ2) is 9.61. The number of aromatic nitrogens is 3. The number of hydrogen-bond donors (Lipinski definition) is 2. The van der Waals surface area contributed by atoms with Crippen molar-refractivity contribution in [2.75, 3.05) is 11.9 Å². The van der Waals surface area contributed by atoms with Gasteiger partial charge in [-0.2, -0.15) is 0 Å². The van der Waals surface area contributed by atoms with Crippen molar-refractivity contribution in [1.29, 1.82) is 0 Å². The smallest absolute Gasteiger partial charge is 0.339 e. The van der Waals surface area contributed by atoms with Crippen molar-refractivity contribution in [2.24, 2.45) is 0 Å². The first-order valence-electron chi connectivity index (χ1n) is 11.3. The van der Waals surface area contributed by atoms with Crippen molar-refractivity contribution < 1.29 is 23.4 Å². The van der Waals surface area contributed by atoms with Crippen molar-refractivity contribution in [3.63, 3.8) is 0 Å². The van der Waals surface area contributed by atoms with Crippen LogP contribution >= 0.6 is 0 Å². The lowest BCUT2D eigenvalue weighted by Gasteiger charge is -2.27. The largest absolute Gasteiger partial charge is 0.490 e. The highest BCUT2D eigenvalue weighted by molar-refractivity contribution is 5.92. The van der Waals surface area contributed by atoms with Crippen LogP contribution in [0.15, 0.2) is 55.0 Å². The molecular weight excluding hydrogens is 454 g/mol. The van der Waals surface area contributed by atoms with Crippen molar-refractivity contribution in [2.45, 2.75) is 31.8 Å². The van der Waals surface area contributed by atoms with Crippen LogP contribution in [0.2, 0.25) is 0 Å². The van der Waals surface area contributed by atoms with E-state index in [2.05, 4.69) is 20.3 Å². The number of nitrogens with one attached hydrogen (secondary N) is 1. The molecule has 0 bridgehead atoms. The van der Waals surface area contributed by atoms with Gasteiger partial charge in [-0.3, -0.25) is 4.98 Å². The summed E-state index contributed by atoms with van der Waals surface area (Å²) in [5.41, 5.74) is 1.59. The number of halogens is 2. The van der Waals surface area contributed by atoms with Gasteiger partial charge in [-0.15, -0.1) is 0 Å². The van der Waals surface area contributed by atoms with Gasteiger partial charge in [0.25, 0.3) is 0 Å². The molecule has 2 N–H and O–H groups in total. The molecule has 1 fully saturated rings. The lowest BCUT2D eigenvalue weighted by molar-refractivity contribution is 0.0680. The molecule has 0 radical (unpaired) electrons. The molecule has 1 aliphatic rings. The van der Waals surface area contributed by atoms with E-state index in [0.29, 0.717) is 22.8 Å². The summed E-state index contributed by atoms with van der Waals surface area (Å²) in [5.74, 6) is -1.53. The van der Waals surface area contributed by atoms with Gasteiger partial charge >= 0.3 is 5.97 Å². The summed E-state index contributed by atoms with van der Waals surface area (Å²) >= 11 is 0. The van der Waals surface area contributed by atoms with E-state index in [-0.39, 0.29) is 41.1 Å². The van der Waals surface area contributed by atoms with E-state index in [4.69, 9.17) is 4.74 Å². The summed E-state index contributed by atoms with van der Waals surface area (Å²) in [4.78, 5) is 24.1. The molecule has 178 valence electrons. The predicted octanol–water partition coefficient (Wildman–Crippen LogP) is 5.25. The Labute approximate surface area is 199 Å². The van der Waals surface area contributed by atoms with Crippen LogP contribution in [0.25, 0.3) is 22.2 Å². The molecule has 4 aromatic rings. The highest BCUT2D eigenvalue weighted by Gasteiger charge is 2.22. The molecular formula is C26H22F2N4O3. The Morgan fingerprint density at radius 2 is 1.97 bits per heavy atom. The lowest BCUT2D eigenvalue weighted by Crippen LogP contribution is -2.25. The average Bonchev–Trinajstić information content (AvgIpc) is 2.83. The van der Waals surface area contributed by atoms with Crippen molar-refractivity contribution in [3.8, 4) is 17.0 Å². The molecule has 0 aliphatic heterocycles. The van der Waals surface area contributed by atoms with E-state index < -0.39 is 17.6 Å². The third kappa shape index (κ3) is 4.75. The number of benzene rings is 2. The number of pyridine rings is 1. The van der Waals surface area contributed by atoms with Crippen LogP contribution in [0.3, 0.4) is 0 Å². The number of fused-ring (bicyclic) bond motifs is 1. The number of ether oxygens (including phenoxy) is 1. The first-order chi connectivity index (χ1) is 17.0. The Bertz CT molecular complexity index is 1410. The lowest BCUT2D eigenvalue weighted by atomic mass is 9.96. The van der Waals surface area contributed by atoms with E-state index in [1.54, 1.807) is 30.3 Å². The summed E-state index contributed by atoms with van der Waals surface area (Å²) in [7, 11) is 0. The van der Waals surface area contributed by atoms with Gasteiger partial charge in [0.2, 0.25) is 0 Å². The second-order valence-electron chi connectivity index (χ2n) is 8.37. The SMILES string of the molecule is O=C(O)c1ccc(-c2cc(NCCc3c(F)cc4ncccc4c3F)ncn2)cc1OC1CCC1. The van der Waals surface area contributed by atoms with E-state index >= 15 is 0 Å². The molecule has 1 aliphatic carbocycles. The maximum atomic E-state index is 14.8. The molecule has 2 heterocycles. The molecule has 0 saturated heterocycles. The third-order valence-corrected chi connectivity index (χ3v) is 6.09. The van der Waals surface area contributed by atoms with Crippen LogP contribution in [0, 0.1) is 11.6 Å². The average molecular weight is 476 g/mol. The first-order valence-corrected chi connectivity index (χ1v) is 11.3. The van der Waals surface area contributed by atoms with E-state index in [9.17, 15) is 18.7 Å². The maximum absolute atomic E-state index is 14.8. The minimum Gasteiger partial charge on any atom is -0.490 e. The van der Waals surface area contributed by atoms with Crippen molar-refractivity contribution in [1.82, 2.24) is 15.0 Å². The Morgan fingerprint density at radius 3 is 2.74 bits per heavy atom. The first kappa shape index (κ1) is 22.6. The van der Waals surface area contributed by atoms with Gasteiger partial charge in [-0.25, -0.2) is 23.5 Å². The summed E-state index contributed by atoms with van der Waals surface area (Å²) in [6.45, 7) is 0.240. The maximum Gasteiger partial charge on any atom is 0.339 e. The summed E-state index contributed by atoms with van der Waals surface area (Å²) in [5, 5.41) is 12.8. The van der Waals surface area contributed by atoms with Gasteiger partial charge in [-0.05, 0) is 49.9 Å². The van der Waals surface area contributed by atoms with Crippen LogP contribution in [0.5, 0.6) is 5.75 Å². The third-order valence-electron chi connectivity index (χ3n) is 6.09. The van der Waals surface area contributed by atoms with Crippen molar-refractivity contribution in [3.05, 3.63) is 77.8 Å². The van der Waals surface area contributed by atoms with Crippen LogP contribution in [0.1, 0.15) is 35.2 Å². The van der Waals surface area contributed by atoms with Crippen molar-refractivity contribution >= 4 is 22.7 Å². The molecule has 5 rings (SSSR count). The molecule has 7 nitrogen and oxygen atoms in total.